The van der Waals surface area contributed by atoms with Crippen molar-refractivity contribution in [1.29, 1.82) is 0 Å². The summed E-state index contributed by atoms with van der Waals surface area (Å²) in [5.74, 6) is 0. The Morgan fingerprint density at radius 1 is 1.39 bits per heavy atom. The first-order valence-corrected chi connectivity index (χ1v) is 8.82. The molecular weight excluding hydrogens is 312 g/mol. The molecule has 0 aromatic carbocycles. The fourth-order valence-corrected chi connectivity index (χ4v) is 4.19. The normalized spacial score (nSPS) is 27.2. The van der Waals surface area contributed by atoms with E-state index < -0.39 is 0 Å². The number of aromatic nitrogens is 3. The molecule has 2 aliphatic rings. The molecule has 0 bridgehead atoms. The van der Waals surface area contributed by atoms with E-state index in [0.717, 1.165) is 35.1 Å². The summed E-state index contributed by atoms with van der Waals surface area (Å²) in [7, 11) is 0. The quantitative estimate of drug-likeness (QED) is 0.855. The summed E-state index contributed by atoms with van der Waals surface area (Å²) >= 11 is 1.65. The van der Waals surface area contributed by atoms with Crippen molar-refractivity contribution in [2.75, 3.05) is 18.1 Å². The van der Waals surface area contributed by atoms with Crippen LogP contribution >= 0.6 is 11.3 Å². The highest BCUT2D eigenvalue weighted by atomic mass is 32.1. The minimum Gasteiger partial charge on any atom is -0.372 e. The lowest BCUT2D eigenvalue weighted by molar-refractivity contribution is -0.0771. The first-order valence-electron chi connectivity index (χ1n) is 8.00. The summed E-state index contributed by atoms with van der Waals surface area (Å²) in [6.07, 6.45) is 5.97. The van der Waals surface area contributed by atoms with Crippen LogP contribution in [-0.2, 0) is 16.1 Å². The van der Waals surface area contributed by atoms with Gasteiger partial charge in [0.15, 0.2) is 0 Å². The largest absolute Gasteiger partial charge is 0.372 e. The number of nitrogens with zero attached hydrogens (tertiary/aromatic N) is 4. The van der Waals surface area contributed by atoms with E-state index in [9.17, 15) is 0 Å². The fraction of sp³-hybridized carbons (Fsp3) is 0.562. The van der Waals surface area contributed by atoms with Crippen molar-refractivity contribution >= 4 is 16.5 Å². The Hall–Kier alpha value is -1.57. The molecule has 2 fully saturated rings. The number of hydrogen-bond acceptors (Lipinski definition) is 7. The molecule has 1 saturated heterocycles. The predicted octanol–water partition coefficient (Wildman–Crippen LogP) is 2.19. The molecule has 23 heavy (non-hydrogen) atoms. The number of aryl methyl sites for hydroxylation is 1. The minimum atomic E-state index is 0.115. The molecule has 0 radical (unpaired) electrons. The van der Waals surface area contributed by atoms with Gasteiger partial charge in [0, 0.05) is 18.9 Å². The van der Waals surface area contributed by atoms with Crippen LogP contribution in [0.3, 0.4) is 0 Å². The van der Waals surface area contributed by atoms with Crippen LogP contribution in [0.25, 0.3) is 0 Å². The maximum Gasteiger partial charge on any atom is 0.208 e. The minimum absolute atomic E-state index is 0.115. The van der Waals surface area contributed by atoms with Crippen LogP contribution in [0.2, 0.25) is 0 Å². The molecule has 4 rings (SSSR count). The SMILES string of the molecule is Cc1nnc(N2CCO[C@H]3[C@H](OCc4cccnc4)CC[C@@H]32)s1. The third kappa shape index (κ3) is 3.08. The molecule has 122 valence electrons. The highest BCUT2D eigenvalue weighted by Gasteiger charge is 2.44. The number of anilines is 1. The van der Waals surface area contributed by atoms with Gasteiger partial charge in [-0.25, -0.2) is 0 Å². The molecule has 6 nitrogen and oxygen atoms in total. The Kier molecular flexibility index (Phi) is 4.24. The predicted molar refractivity (Wildman–Crippen MR) is 87.6 cm³/mol. The van der Waals surface area contributed by atoms with Gasteiger partial charge >= 0.3 is 0 Å². The molecule has 2 aromatic heterocycles. The van der Waals surface area contributed by atoms with Crippen molar-refractivity contribution in [2.45, 2.75) is 44.6 Å². The van der Waals surface area contributed by atoms with Crippen molar-refractivity contribution < 1.29 is 9.47 Å². The Morgan fingerprint density at radius 3 is 3.13 bits per heavy atom. The number of pyridine rings is 1. The summed E-state index contributed by atoms with van der Waals surface area (Å²) in [6.45, 7) is 4.17. The molecule has 1 saturated carbocycles. The third-order valence-electron chi connectivity index (χ3n) is 4.48. The van der Waals surface area contributed by atoms with E-state index in [-0.39, 0.29) is 12.2 Å². The Morgan fingerprint density at radius 2 is 2.35 bits per heavy atom. The lowest BCUT2D eigenvalue weighted by atomic mass is 10.1. The molecule has 3 heterocycles. The standard InChI is InChI=1S/C16H20N4O2S/c1-11-18-19-16(23-11)20-7-8-21-15-13(20)4-5-14(15)22-10-12-3-2-6-17-9-12/h2-3,6,9,13-15H,4-5,7-8,10H2,1H3/t13-,14+,15+/m0/s1. The summed E-state index contributed by atoms with van der Waals surface area (Å²) in [5, 5.41) is 10.5. The van der Waals surface area contributed by atoms with Crippen LogP contribution in [0.1, 0.15) is 23.4 Å². The Labute approximate surface area is 139 Å². The zero-order valence-electron chi connectivity index (χ0n) is 13.1. The van der Waals surface area contributed by atoms with Crippen LogP contribution in [-0.4, -0.2) is 46.6 Å². The van der Waals surface area contributed by atoms with E-state index in [0.29, 0.717) is 19.3 Å². The van der Waals surface area contributed by atoms with Crippen molar-refractivity contribution in [3.63, 3.8) is 0 Å². The highest BCUT2D eigenvalue weighted by molar-refractivity contribution is 7.15. The van der Waals surface area contributed by atoms with E-state index >= 15 is 0 Å². The first-order chi connectivity index (χ1) is 11.3. The molecule has 0 spiro atoms. The van der Waals surface area contributed by atoms with Gasteiger partial charge in [-0.1, -0.05) is 17.4 Å². The summed E-state index contributed by atoms with van der Waals surface area (Å²) < 4.78 is 12.2. The van der Waals surface area contributed by atoms with E-state index in [1.165, 1.54) is 0 Å². The van der Waals surface area contributed by atoms with Gasteiger partial charge in [0.25, 0.3) is 0 Å². The fourth-order valence-electron chi connectivity index (χ4n) is 3.42. The number of hydrogen-bond donors (Lipinski definition) is 0. The summed E-state index contributed by atoms with van der Waals surface area (Å²) in [6, 6.07) is 4.32. The van der Waals surface area contributed by atoms with Crippen LogP contribution in [0.15, 0.2) is 24.5 Å². The smallest absolute Gasteiger partial charge is 0.208 e. The molecular formula is C16H20N4O2S. The Bertz CT molecular complexity index is 651. The molecule has 2 aromatic rings. The average Bonchev–Trinajstić information content (AvgIpc) is 3.20. The highest BCUT2D eigenvalue weighted by Crippen LogP contribution is 2.36. The molecule has 0 unspecified atom stereocenters. The van der Waals surface area contributed by atoms with Gasteiger partial charge in [0.1, 0.15) is 11.1 Å². The van der Waals surface area contributed by atoms with Gasteiger partial charge in [0.05, 0.1) is 25.4 Å². The summed E-state index contributed by atoms with van der Waals surface area (Å²) in [4.78, 5) is 6.49. The van der Waals surface area contributed by atoms with Gasteiger partial charge in [-0.05, 0) is 31.4 Å². The second-order valence-electron chi connectivity index (χ2n) is 5.99. The van der Waals surface area contributed by atoms with Crippen molar-refractivity contribution in [3.05, 3.63) is 35.1 Å². The average molecular weight is 332 g/mol. The van der Waals surface area contributed by atoms with Gasteiger partial charge in [-0.3, -0.25) is 4.98 Å². The zero-order valence-corrected chi connectivity index (χ0v) is 13.9. The lowest BCUT2D eigenvalue weighted by Gasteiger charge is -2.38. The number of fused-ring (bicyclic) bond motifs is 1. The monoisotopic (exact) mass is 332 g/mol. The lowest BCUT2D eigenvalue weighted by Crippen LogP contribution is -2.51. The molecule has 0 amide bonds. The molecule has 1 aliphatic heterocycles. The van der Waals surface area contributed by atoms with Gasteiger partial charge in [0.2, 0.25) is 5.13 Å². The second-order valence-corrected chi connectivity index (χ2v) is 7.15. The number of ether oxygens (including phenoxy) is 2. The van der Waals surface area contributed by atoms with Crippen LogP contribution in [0.5, 0.6) is 0 Å². The zero-order chi connectivity index (χ0) is 15.6. The molecule has 3 atom stereocenters. The van der Waals surface area contributed by atoms with Crippen molar-refractivity contribution in [3.8, 4) is 0 Å². The molecule has 7 heteroatoms. The van der Waals surface area contributed by atoms with Crippen LogP contribution < -0.4 is 4.90 Å². The number of rotatable bonds is 4. The summed E-state index contributed by atoms with van der Waals surface area (Å²) in [5.41, 5.74) is 1.10. The van der Waals surface area contributed by atoms with Crippen LogP contribution in [0, 0.1) is 6.92 Å². The molecule has 0 N–H and O–H groups in total. The Balaban J connectivity index is 1.43. The van der Waals surface area contributed by atoms with E-state index in [4.69, 9.17) is 9.47 Å². The topological polar surface area (TPSA) is 60.4 Å². The maximum atomic E-state index is 6.12. The van der Waals surface area contributed by atoms with Crippen molar-refractivity contribution in [2.24, 2.45) is 0 Å². The second kappa shape index (κ2) is 6.51. The van der Waals surface area contributed by atoms with Crippen LogP contribution in [0.4, 0.5) is 5.13 Å². The van der Waals surface area contributed by atoms with Crippen molar-refractivity contribution in [1.82, 2.24) is 15.2 Å². The maximum absolute atomic E-state index is 6.12. The molecule has 1 aliphatic carbocycles. The van der Waals surface area contributed by atoms with Gasteiger partial charge < -0.3 is 14.4 Å². The van der Waals surface area contributed by atoms with Gasteiger partial charge in [-0.15, -0.1) is 10.2 Å². The van der Waals surface area contributed by atoms with E-state index in [1.807, 2.05) is 25.3 Å². The first kappa shape index (κ1) is 15.0. The van der Waals surface area contributed by atoms with Gasteiger partial charge in [-0.2, -0.15) is 0 Å². The number of morpholine rings is 1. The van der Waals surface area contributed by atoms with E-state index in [2.05, 4.69) is 20.1 Å². The van der Waals surface area contributed by atoms with E-state index in [1.54, 1.807) is 17.5 Å². The third-order valence-corrected chi connectivity index (χ3v) is 5.36.